The summed E-state index contributed by atoms with van der Waals surface area (Å²) in [6.07, 6.45) is 5.89. The number of esters is 1. The first-order valence-corrected chi connectivity index (χ1v) is 9.80. The lowest BCUT2D eigenvalue weighted by Crippen LogP contribution is -2.24. The molecule has 1 aromatic carbocycles. The average molecular weight is 401 g/mol. The molecule has 0 aliphatic carbocycles. The number of anilines is 1. The molecule has 2 aliphatic heterocycles. The van der Waals surface area contributed by atoms with Crippen LogP contribution in [-0.4, -0.2) is 34.9 Å². The van der Waals surface area contributed by atoms with Crippen molar-refractivity contribution in [2.45, 2.75) is 13.3 Å². The minimum Gasteiger partial charge on any atom is -0.462 e. The van der Waals surface area contributed by atoms with Crippen molar-refractivity contribution in [3.05, 3.63) is 77.1 Å². The SMILES string of the molecule is CCOC(=O)C1=C(N2CCc3ccccc32)O/C(=C\c2c[nH]c3ncccc23)C1=O. The highest BCUT2D eigenvalue weighted by Crippen LogP contribution is 2.37. The van der Waals surface area contributed by atoms with Crippen LogP contribution in [0.15, 0.2) is 66.0 Å². The van der Waals surface area contributed by atoms with E-state index in [4.69, 9.17) is 9.47 Å². The molecule has 3 aromatic rings. The van der Waals surface area contributed by atoms with Crippen molar-refractivity contribution in [2.75, 3.05) is 18.1 Å². The van der Waals surface area contributed by atoms with Gasteiger partial charge >= 0.3 is 5.97 Å². The molecule has 5 rings (SSSR count). The van der Waals surface area contributed by atoms with Gasteiger partial charge in [-0.3, -0.25) is 4.79 Å². The number of benzene rings is 1. The number of hydrogen-bond acceptors (Lipinski definition) is 6. The number of fused-ring (bicyclic) bond motifs is 2. The van der Waals surface area contributed by atoms with Crippen LogP contribution >= 0.6 is 0 Å². The second kappa shape index (κ2) is 7.18. The van der Waals surface area contributed by atoms with E-state index in [2.05, 4.69) is 9.97 Å². The van der Waals surface area contributed by atoms with Gasteiger partial charge in [0.1, 0.15) is 5.65 Å². The zero-order chi connectivity index (χ0) is 20.7. The van der Waals surface area contributed by atoms with Gasteiger partial charge < -0.3 is 19.4 Å². The standard InChI is InChI=1S/C23H19N3O4/c1-2-29-23(28)19-20(27)18(12-15-13-25-21-16(15)7-5-10-24-21)30-22(19)26-11-9-14-6-3-4-8-17(14)26/h3-8,10,12-13H,2,9,11H2,1H3,(H,24,25)/b18-12-. The van der Waals surface area contributed by atoms with E-state index in [0.29, 0.717) is 12.2 Å². The van der Waals surface area contributed by atoms with Crippen molar-refractivity contribution in [3.8, 4) is 0 Å². The Hall–Kier alpha value is -3.87. The van der Waals surface area contributed by atoms with Crippen LogP contribution < -0.4 is 4.90 Å². The van der Waals surface area contributed by atoms with Gasteiger partial charge in [0.05, 0.1) is 6.61 Å². The summed E-state index contributed by atoms with van der Waals surface area (Å²) in [5.41, 5.74) is 3.47. The highest BCUT2D eigenvalue weighted by molar-refractivity contribution is 6.27. The molecule has 0 unspecified atom stereocenters. The van der Waals surface area contributed by atoms with Gasteiger partial charge in [0, 0.05) is 35.6 Å². The molecule has 0 saturated carbocycles. The number of carbonyl (C=O) groups is 2. The number of allylic oxidation sites excluding steroid dienone is 1. The highest BCUT2D eigenvalue weighted by atomic mass is 16.5. The summed E-state index contributed by atoms with van der Waals surface area (Å²) in [6.45, 7) is 2.50. The molecule has 4 heterocycles. The summed E-state index contributed by atoms with van der Waals surface area (Å²) in [7, 11) is 0. The summed E-state index contributed by atoms with van der Waals surface area (Å²) in [4.78, 5) is 35.0. The Morgan fingerprint density at radius 1 is 1.30 bits per heavy atom. The van der Waals surface area contributed by atoms with Crippen molar-refractivity contribution >= 4 is 34.5 Å². The number of para-hydroxylation sites is 1. The lowest BCUT2D eigenvalue weighted by atomic mass is 10.1. The maximum atomic E-state index is 13.2. The quantitative estimate of drug-likeness (QED) is 0.410. The van der Waals surface area contributed by atoms with Crippen molar-refractivity contribution < 1.29 is 19.1 Å². The Balaban J connectivity index is 1.57. The monoisotopic (exact) mass is 401 g/mol. The van der Waals surface area contributed by atoms with Crippen LogP contribution in [0.25, 0.3) is 17.1 Å². The summed E-state index contributed by atoms with van der Waals surface area (Å²) >= 11 is 0. The van der Waals surface area contributed by atoms with E-state index in [1.807, 2.05) is 41.3 Å². The molecular weight excluding hydrogens is 382 g/mol. The number of nitrogens with zero attached hydrogens (tertiary/aromatic N) is 2. The largest absolute Gasteiger partial charge is 0.462 e. The van der Waals surface area contributed by atoms with Crippen LogP contribution in [0.5, 0.6) is 0 Å². The van der Waals surface area contributed by atoms with Crippen molar-refractivity contribution in [1.82, 2.24) is 9.97 Å². The van der Waals surface area contributed by atoms with Crippen LogP contribution in [0.2, 0.25) is 0 Å². The topological polar surface area (TPSA) is 84.5 Å². The van der Waals surface area contributed by atoms with Crippen LogP contribution in [0.3, 0.4) is 0 Å². The van der Waals surface area contributed by atoms with Crippen LogP contribution in [0.1, 0.15) is 18.1 Å². The van der Waals surface area contributed by atoms with Gasteiger partial charge in [-0.1, -0.05) is 18.2 Å². The number of aromatic amines is 1. The zero-order valence-corrected chi connectivity index (χ0v) is 16.3. The molecule has 0 atom stereocenters. The molecule has 0 spiro atoms. The third-order valence-corrected chi connectivity index (χ3v) is 5.25. The fourth-order valence-electron chi connectivity index (χ4n) is 3.88. The first kappa shape index (κ1) is 18.2. The van der Waals surface area contributed by atoms with Gasteiger partial charge in [-0.2, -0.15) is 0 Å². The molecule has 30 heavy (non-hydrogen) atoms. The molecule has 2 aliphatic rings. The predicted octanol–water partition coefficient (Wildman–Crippen LogP) is 3.34. The predicted molar refractivity (Wildman–Crippen MR) is 111 cm³/mol. The number of carbonyl (C=O) groups excluding carboxylic acids is 2. The van der Waals surface area contributed by atoms with E-state index >= 15 is 0 Å². The Bertz CT molecular complexity index is 1240. The minimum atomic E-state index is -0.675. The van der Waals surface area contributed by atoms with Gasteiger partial charge in [0.2, 0.25) is 11.7 Å². The van der Waals surface area contributed by atoms with Crippen molar-refractivity contribution in [2.24, 2.45) is 0 Å². The average Bonchev–Trinajstić information content (AvgIpc) is 3.45. The normalized spacial score (nSPS) is 17.0. The number of pyridine rings is 1. The summed E-state index contributed by atoms with van der Waals surface area (Å²) in [5, 5.41) is 0.860. The molecule has 0 radical (unpaired) electrons. The fraction of sp³-hybridized carbons (Fsp3) is 0.174. The Kier molecular flexibility index (Phi) is 4.35. The lowest BCUT2D eigenvalue weighted by molar-refractivity contribution is -0.139. The number of aromatic nitrogens is 2. The first-order chi connectivity index (χ1) is 14.7. The molecule has 0 saturated heterocycles. The van der Waals surface area contributed by atoms with Crippen LogP contribution in [0, 0.1) is 0 Å². The molecule has 7 heteroatoms. The number of ketones is 1. The van der Waals surface area contributed by atoms with Gasteiger partial charge in [-0.25, -0.2) is 9.78 Å². The number of rotatable bonds is 4. The van der Waals surface area contributed by atoms with Crippen molar-refractivity contribution in [1.29, 1.82) is 0 Å². The summed E-state index contributed by atoms with van der Waals surface area (Å²) in [6, 6.07) is 11.6. The summed E-state index contributed by atoms with van der Waals surface area (Å²) in [5.74, 6) is -0.841. The van der Waals surface area contributed by atoms with E-state index < -0.39 is 11.8 Å². The van der Waals surface area contributed by atoms with E-state index in [-0.39, 0.29) is 23.8 Å². The second-order valence-electron chi connectivity index (χ2n) is 7.01. The summed E-state index contributed by atoms with van der Waals surface area (Å²) < 4.78 is 11.2. The maximum Gasteiger partial charge on any atom is 0.347 e. The van der Waals surface area contributed by atoms with E-state index in [1.54, 1.807) is 25.4 Å². The number of nitrogens with one attached hydrogen (secondary N) is 1. The van der Waals surface area contributed by atoms with E-state index in [1.165, 1.54) is 0 Å². The van der Waals surface area contributed by atoms with E-state index in [0.717, 1.165) is 28.6 Å². The lowest BCUT2D eigenvalue weighted by Gasteiger charge is -2.20. The fourth-order valence-corrected chi connectivity index (χ4v) is 3.88. The van der Waals surface area contributed by atoms with E-state index in [9.17, 15) is 9.59 Å². The molecule has 7 nitrogen and oxygen atoms in total. The number of ether oxygens (including phenoxy) is 2. The van der Waals surface area contributed by atoms with Crippen LogP contribution in [-0.2, 0) is 25.5 Å². The number of Topliss-reactive ketones (excluding diaryl/α,β-unsaturated/α-hetero) is 1. The first-order valence-electron chi connectivity index (χ1n) is 9.80. The van der Waals surface area contributed by atoms with Gasteiger partial charge in [0.25, 0.3) is 0 Å². The molecule has 1 N–H and O–H groups in total. The molecular formula is C23H19N3O4. The highest BCUT2D eigenvalue weighted by Gasteiger charge is 2.41. The van der Waals surface area contributed by atoms with Crippen LogP contribution in [0.4, 0.5) is 5.69 Å². The molecule has 0 bridgehead atoms. The van der Waals surface area contributed by atoms with Gasteiger partial charge in [0.15, 0.2) is 11.3 Å². The zero-order valence-electron chi connectivity index (χ0n) is 16.3. The third-order valence-electron chi connectivity index (χ3n) is 5.25. The van der Waals surface area contributed by atoms with Gasteiger partial charge in [-0.05, 0) is 43.2 Å². The Morgan fingerprint density at radius 2 is 2.17 bits per heavy atom. The molecule has 150 valence electrons. The third kappa shape index (κ3) is 2.86. The van der Waals surface area contributed by atoms with Crippen molar-refractivity contribution in [3.63, 3.8) is 0 Å². The Labute approximate surface area is 172 Å². The smallest absolute Gasteiger partial charge is 0.347 e. The minimum absolute atomic E-state index is 0.0715. The molecule has 0 amide bonds. The van der Waals surface area contributed by atoms with Gasteiger partial charge in [-0.15, -0.1) is 0 Å². The number of H-pyrrole nitrogens is 1. The number of hydrogen-bond donors (Lipinski definition) is 1. The second-order valence-corrected chi connectivity index (χ2v) is 7.01. The molecule has 2 aromatic heterocycles. The molecule has 0 fully saturated rings. The maximum absolute atomic E-state index is 13.2. The Morgan fingerprint density at radius 3 is 3.03 bits per heavy atom.